The van der Waals surface area contributed by atoms with Crippen molar-refractivity contribution in [1.29, 1.82) is 0 Å². The topological polar surface area (TPSA) is 62.6 Å². The van der Waals surface area contributed by atoms with Crippen LogP contribution in [0.2, 0.25) is 0 Å². The predicted octanol–water partition coefficient (Wildman–Crippen LogP) is 2.94. The molecule has 2 amide bonds. The molecule has 0 spiro atoms. The summed E-state index contributed by atoms with van der Waals surface area (Å²) in [6, 6.07) is 11.2. The molecule has 1 fully saturated rings. The van der Waals surface area contributed by atoms with Gasteiger partial charge in [0.1, 0.15) is 6.04 Å². The number of carbonyl (C=O) groups excluding carboxylic acids is 2. The second kappa shape index (κ2) is 8.01. The van der Waals surface area contributed by atoms with E-state index in [9.17, 15) is 9.59 Å². The molecular weight excluding hydrogens is 316 g/mol. The van der Waals surface area contributed by atoms with Crippen molar-refractivity contribution in [2.75, 3.05) is 13.1 Å². The first-order chi connectivity index (χ1) is 12.1. The number of nitrogens with zero attached hydrogens (tertiary/aromatic N) is 1. The lowest BCUT2D eigenvalue weighted by Gasteiger charge is -2.34. The summed E-state index contributed by atoms with van der Waals surface area (Å²) in [7, 11) is 0. The summed E-state index contributed by atoms with van der Waals surface area (Å²) in [5.41, 5.74) is 2.42. The highest BCUT2D eigenvalue weighted by Crippen LogP contribution is 2.20. The van der Waals surface area contributed by atoms with E-state index in [0.29, 0.717) is 25.3 Å². The summed E-state index contributed by atoms with van der Waals surface area (Å²) in [6.07, 6.45) is 4.83. The van der Waals surface area contributed by atoms with Gasteiger partial charge in [-0.1, -0.05) is 29.8 Å². The zero-order chi connectivity index (χ0) is 17.6. The van der Waals surface area contributed by atoms with Crippen molar-refractivity contribution >= 4 is 11.8 Å². The Morgan fingerprint density at radius 3 is 2.88 bits per heavy atom. The van der Waals surface area contributed by atoms with Gasteiger partial charge in [-0.15, -0.1) is 0 Å². The van der Waals surface area contributed by atoms with E-state index in [1.165, 1.54) is 17.4 Å². The maximum Gasteiger partial charge on any atom is 0.290 e. The van der Waals surface area contributed by atoms with E-state index >= 15 is 0 Å². The Bertz CT molecular complexity index is 724. The van der Waals surface area contributed by atoms with Gasteiger partial charge in [0.2, 0.25) is 5.91 Å². The fraction of sp³-hybridized carbons (Fsp3) is 0.400. The molecule has 1 N–H and O–H groups in total. The van der Waals surface area contributed by atoms with E-state index < -0.39 is 6.04 Å². The first-order valence-corrected chi connectivity index (χ1v) is 8.83. The van der Waals surface area contributed by atoms with Crippen LogP contribution in [0.25, 0.3) is 0 Å². The smallest absolute Gasteiger partial charge is 0.290 e. The number of amides is 2. The number of hydrogen-bond acceptors (Lipinski definition) is 3. The zero-order valence-electron chi connectivity index (χ0n) is 14.5. The van der Waals surface area contributed by atoms with Crippen LogP contribution in [0, 0.1) is 6.92 Å². The number of rotatable bonds is 5. The maximum absolute atomic E-state index is 12.6. The van der Waals surface area contributed by atoms with Crippen LogP contribution in [0.4, 0.5) is 0 Å². The SMILES string of the molecule is Cc1cccc(CCNC(=O)[C@@H]2CCCCN2C(=O)c2ccco2)c1. The van der Waals surface area contributed by atoms with Gasteiger partial charge in [0.15, 0.2) is 5.76 Å². The van der Waals surface area contributed by atoms with Gasteiger partial charge in [-0.05, 0) is 50.3 Å². The first kappa shape index (κ1) is 17.3. The predicted molar refractivity (Wildman–Crippen MR) is 95.3 cm³/mol. The quantitative estimate of drug-likeness (QED) is 0.910. The van der Waals surface area contributed by atoms with Crippen LogP contribution in [0.15, 0.2) is 47.1 Å². The van der Waals surface area contributed by atoms with Crippen molar-refractivity contribution in [2.24, 2.45) is 0 Å². The molecule has 0 saturated carbocycles. The number of nitrogens with one attached hydrogen (secondary N) is 1. The third-order valence-corrected chi connectivity index (χ3v) is 4.59. The van der Waals surface area contributed by atoms with Crippen LogP contribution in [0.3, 0.4) is 0 Å². The lowest BCUT2D eigenvalue weighted by Crippen LogP contribution is -2.52. The number of hydrogen-bond donors (Lipinski definition) is 1. The number of likely N-dealkylation sites (tertiary alicyclic amines) is 1. The Morgan fingerprint density at radius 2 is 2.12 bits per heavy atom. The molecule has 1 aliphatic heterocycles. The second-order valence-electron chi connectivity index (χ2n) is 6.52. The lowest BCUT2D eigenvalue weighted by molar-refractivity contribution is -0.126. The number of benzene rings is 1. The van der Waals surface area contributed by atoms with E-state index in [1.54, 1.807) is 17.0 Å². The third kappa shape index (κ3) is 4.29. The molecular formula is C20H24N2O3. The summed E-state index contributed by atoms with van der Waals surface area (Å²) in [4.78, 5) is 26.8. The summed E-state index contributed by atoms with van der Waals surface area (Å²) >= 11 is 0. The molecule has 1 aliphatic rings. The van der Waals surface area contributed by atoms with E-state index in [4.69, 9.17) is 4.42 Å². The van der Waals surface area contributed by atoms with Crippen LogP contribution < -0.4 is 5.32 Å². The summed E-state index contributed by atoms with van der Waals surface area (Å²) < 4.78 is 5.20. The molecule has 2 aromatic rings. The van der Waals surface area contributed by atoms with E-state index in [1.807, 2.05) is 6.07 Å². The third-order valence-electron chi connectivity index (χ3n) is 4.59. The molecule has 1 aromatic heterocycles. The monoisotopic (exact) mass is 340 g/mol. The first-order valence-electron chi connectivity index (χ1n) is 8.83. The molecule has 0 unspecified atom stereocenters. The lowest BCUT2D eigenvalue weighted by atomic mass is 10.0. The van der Waals surface area contributed by atoms with Gasteiger partial charge in [0.05, 0.1) is 6.26 Å². The molecule has 1 saturated heterocycles. The van der Waals surface area contributed by atoms with Crippen molar-refractivity contribution in [3.63, 3.8) is 0 Å². The summed E-state index contributed by atoms with van der Waals surface area (Å²) in [5.74, 6) is 0.00949. The van der Waals surface area contributed by atoms with Gasteiger partial charge in [-0.2, -0.15) is 0 Å². The largest absolute Gasteiger partial charge is 0.459 e. The molecule has 132 valence electrons. The second-order valence-corrected chi connectivity index (χ2v) is 6.52. The van der Waals surface area contributed by atoms with Gasteiger partial charge >= 0.3 is 0 Å². The standard InChI is InChI=1S/C20H24N2O3/c1-15-6-4-7-16(14-15)10-11-21-19(23)17-8-2-3-12-22(17)20(24)18-9-5-13-25-18/h4-7,9,13-14,17H,2-3,8,10-12H2,1H3,(H,21,23)/t17-/m0/s1. The molecule has 25 heavy (non-hydrogen) atoms. The highest BCUT2D eigenvalue weighted by molar-refractivity contribution is 5.95. The van der Waals surface area contributed by atoms with Crippen molar-refractivity contribution in [3.05, 3.63) is 59.5 Å². The van der Waals surface area contributed by atoms with E-state index in [0.717, 1.165) is 19.3 Å². The molecule has 0 radical (unpaired) electrons. The van der Waals surface area contributed by atoms with Gasteiger partial charge in [-0.25, -0.2) is 0 Å². The van der Waals surface area contributed by atoms with Crippen LogP contribution >= 0.6 is 0 Å². The van der Waals surface area contributed by atoms with Crippen molar-refractivity contribution < 1.29 is 14.0 Å². The van der Waals surface area contributed by atoms with Gasteiger partial charge < -0.3 is 14.6 Å². The molecule has 0 aliphatic carbocycles. The van der Waals surface area contributed by atoms with Gasteiger partial charge in [-0.3, -0.25) is 9.59 Å². The highest BCUT2D eigenvalue weighted by atomic mass is 16.3. The highest BCUT2D eigenvalue weighted by Gasteiger charge is 2.33. The number of piperidine rings is 1. The van der Waals surface area contributed by atoms with Crippen molar-refractivity contribution in [2.45, 2.75) is 38.6 Å². The van der Waals surface area contributed by atoms with Crippen LogP contribution in [-0.2, 0) is 11.2 Å². The van der Waals surface area contributed by atoms with Crippen LogP contribution in [0.5, 0.6) is 0 Å². The molecule has 1 atom stereocenters. The Balaban J connectivity index is 1.58. The average molecular weight is 340 g/mol. The number of aryl methyl sites for hydroxylation is 1. The average Bonchev–Trinajstić information content (AvgIpc) is 3.16. The Morgan fingerprint density at radius 1 is 1.24 bits per heavy atom. The van der Waals surface area contributed by atoms with Crippen molar-refractivity contribution in [1.82, 2.24) is 10.2 Å². The number of furan rings is 1. The summed E-state index contributed by atoms with van der Waals surface area (Å²) in [6.45, 7) is 3.22. The fourth-order valence-corrected chi connectivity index (χ4v) is 3.30. The normalized spacial score (nSPS) is 17.3. The molecule has 0 bridgehead atoms. The molecule has 2 heterocycles. The minimum absolute atomic E-state index is 0.0766. The summed E-state index contributed by atoms with van der Waals surface area (Å²) in [5, 5.41) is 2.99. The fourth-order valence-electron chi connectivity index (χ4n) is 3.30. The molecule has 5 heteroatoms. The minimum atomic E-state index is -0.413. The zero-order valence-corrected chi connectivity index (χ0v) is 14.5. The molecule has 3 rings (SSSR count). The van der Waals surface area contributed by atoms with Gasteiger partial charge in [0, 0.05) is 13.1 Å². The number of carbonyl (C=O) groups is 2. The maximum atomic E-state index is 12.6. The molecule has 1 aromatic carbocycles. The van der Waals surface area contributed by atoms with E-state index in [2.05, 4.69) is 30.4 Å². The Hall–Kier alpha value is -2.56. The van der Waals surface area contributed by atoms with E-state index in [-0.39, 0.29) is 11.8 Å². The van der Waals surface area contributed by atoms with Crippen LogP contribution in [-0.4, -0.2) is 35.8 Å². The van der Waals surface area contributed by atoms with Crippen LogP contribution in [0.1, 0.15) is 40.9 Å². The van der Waals surface area contributed by atoms with Gasteiger partial charge in [0.25, 0.3) is 5.91 Å². The Labute approximate surface area is 148 Å². The molecule has 5 nitrogen and oxygen atoms in total. The Kier molecular flexibility index (Phi) is 5.53. The minimum Gasteiger partial charge on any atom is -0.459 e. The van der Waals surface area contributed by atoms with Crippen molar-refractivity contribution in [3.8, 4) is 0 Å².